The maximum atomic E-state index is 10.2. The molecular weight excluding hydrogens is 431 g/mol. The fraction of sp³-hybridized carbons (Fsp3) is 0.722. The van der Waals surface area contributed by atoms with Crippen molar-refractivity contribution in [3.63, 3.8) is 0 Å². The Kier molecular flexibility index (Phi) is 29.0. The Bertz CT molecular complexity index is 339. The van der Waals surface area contributed by atoms with Gasteiger partial charge in [0.05, 0.1) is 0 Å². The van der Waals surface area contributed by atoms with Gasteiger partial charge in [0, 0.05) is 18.6 Å². The van der Waals surface area contributed by atoms with Gasteiger partial charge in [-0.1, -0.05) is 58.3 Å². The van der Waals surface area contributed by atoms with Gasteiger partial charge in [0.2, 0.25) is 0 Å². The SMILES string of the molecule is CCCCCCCCCCCC(=O)O.O=C(O)/C=C\C(=O)O.[CH3][Sn][CH3]. The third kappa shape index (κ3) is 45.1. The maximum absolute atomic E-state index is 10.2. The van der Waals surface area contributed by atoms with E-state index >= 15 is 0 Å². The zero-order valence-corrected chi connectivity index (χ0v) is 18.6. The third-order valence-electron chi connectivity index (χ3n) is 2.86. The van der Waals surface area contributed by atoms with Crippen LogP contribution >= 0.6 is 0 Å². The zero-order chi connectivity index (χ0) is 19.9. The monoisotopic (exact) mass is 466 g/mol. The molecule has 0 heterocycles. The Morgan fingerprint density at radius 1 is 0.720 bits per heavy atom. The van der Waals surface area contributed by atoms with Crippen LogP contribution in [0.1, 0.15) is 71.1 Å². The van der Waals surface area contributed by atoms with E-state index in [9.17, 15) is 14.4 Å². The molecule has 7 heteroatoms. The summed E-state index contributed by atoms with van der Waals surface area (Å²) in [4.78, 5) is 33.9. The van der Waals surface area contributed by atoms with E-state index in [-0.39, 0.29) is 21.1 Å². The average molecular weight is 465 g/mol. The van der Waals surface area contributed by atoms with Crippen molar-refractivity contribution < 1.29 is 29.7 Å². The Morgan fingerprint density at radius 3 is 1.32 bits per heavy atom. The van der Waals surface area contributed by atoms with Crippen LogP contribution in [0.3, 0.4) is 0 Å². The number of unbranched alkanes of at least 4 members (excludes halogenated alkanes) is 8. The molecule has 6 nitrogen and oxygen atoms in total. The van der Waals surface area contributed by atoms with Crippen LogP contribution in [0.4, 0.5) is 0 Å². The van der Waals surface area contributed by atoms with Crippen molar-refractivity contribution in [2.45, 2.75) is 81.0 Å². The number of rotatable bonds is 12. The second-order valence-corrected chi connectivity index (χ2v) is 8.34. The second-order valence-electron chi connectivity index (χ2n) is 5.48. The average Bonchev–Trinajstić information content (AvgIpc) is 2.52. The molecule has 0 amide bonds. The van der Waals surface area contributed by atoms with Crippen molar-refractivity contribution in [1.82, 2.24) is 0 Å². The predicted molar refractivity (Wildman–Crippen MR) is 101 cm³/mol. The first-order valence-electron chi connectivity index (χ1n) is 8.75. The number of carboxylic acid groups (broad SMARTS) is 3. The summed E-state index contributed by atoms with van der Waals surface area (Å²) < 4.78 is 0. The van der Waals surface area contributed by atoms with Gasteiger partial charge >= 0.3 is 48.9 Å². The fourth-order valence-corrected chi connectivity index (χ4v) is 1.73. The first-order valence-corrected chi connectivity index (χ1v) is 14.5. The molecule has 0 aliphatic carbocycles. The van der Waals surface area contributed by atoms with Crippen LogP contribution in [0.15, 0.2) is 12.2 Å². The molecule has 0 saturated heterocycles. The summed E-state index contributed by atoms with van der Waals surface area (Å²) >= 11 is 0.230. The number of carbonyl (C=O) groups is 3. The predicted octanol–water partition coefficient (Wildman–Crippen LogP) is 4.49. The molecule has 0 aliphatic rings. The first-order chi connectivity index (χ1) is 11.8. The minimum absolute atomic E-state index is 0.230. The van der Waals surface area contributed by atoms with Gasteiger partial charge in [-0.3, -0.25) is 4.79 Å². The van der Waals surface area contributed by atoms with Gasteiger partial charge in [-0.15, -0.1) is 0 Å². The van der Waals surface area contributed by atoms with Crippen LogP contribution in [0, 0.1) is 0 Å². The molecule has 0 bridgehead atoms. The number of hydrogen-bond donors (Lipinski definition) is 3. The molecule has 0 aromatic carbocycles. The molecule has 0 unspecified atom stereocenters. The fourth-order valence-electron chi connectivity index (χ4n) is 1.73. The summed E-state index contributed by atoms with van der Waals surface area (Å²) in [5.41, 5.74) is 0. The molecule has 0 atom stereocenters. The van der Waals surface area contributed by atoms with Crippen molar-refractivity contribution in [3.8, 4) is 0 Å². The van der Waals surface area contributed by atoms with Gasteiger partial charge in [0.15, 0.2) is 0 Å². The van der Waals surface area contributed by atoms with Gasteiger partial charge < -0.3 is 15.3 Å². The van der Waals surface area contributed by atoms with E-state index in [0.29, 0.717) is 18.6 Å². The molecule has 0 aromatic heterocycles. The molecule has 25 heavy (non-hydrogen) atoms. The van der Waals surface area contributed by atoms with Gasteiger partial charge in [-0.25, -0.2) is 9.59 Å². The van der Waals surface area contributed by atoms with Crippen LogP contribution < -0.4 is 0 Å². The van der Waals surface area contributed by atoms with Crippen LogP contribution in [-0.4, -0.2) is 54.4 Å². The molecule has 0 saturated carbocycles. The molecule has 3 N–H and O–H groups in total. The van der Waals surface area contributed by atoms with Crippen molar-refractivity contribution in [3.05, 3.63) is 12.2 Å². The van der Waals surface area contributed by atoms with Crippen molar-refractivity contribution >= 4 is 39.1 Å². The van der Waals surface area contributed by atoms with E-state index in [4.69, 9.17) is 15.3 Å². The van der Waals surface area contributed by atoms with Gasteiger partial charge in [-0.05, 0) is 6.42 Å². The van der Waals surface area contributed by atoms with Crippen molar-refractivity contribution in [2.75, 3.05) is 0 Å². The van der Waals surface area contributed by atoms with E-state index in [0.717, 1.165) is 12.8 Å². The van der Waals surface area contributed by atoms with Crippen LogP contribution in [0.25, 0.3) is 0 Å². The molecule has 0 aliphatic heterocycles. The number of aliphatic carboxylic acids is 3. The van der Waals surface area contributed by atoms with Crippen molar-refractivity contribution in [2.24, 2.45) is 0 Å². The Labute approximate surface area is 161 Å². The summed E-state index contributed by atoms with van der Waals surface area (Å²) in [7, 11) is 0. The Morgan fingerprint density at radius 2 is 1.04 bits per heavy atom. The zero-order valence-electron chi connectivity index (χ0n) is 15.8. The van der Waals surface area contributed by atoms with Gasteiger partial charge in [0.1, 0.15) is 0 Å². The molecular formula is C18H34O6Sn. The standard InChI is InChI=1S/C12H24O2.C4H4O4.2CH3.Sn/c1-2-3-4-5-6-7-8-9-10-11-12(13)14;5-3(6)1-2-4(7)8;;;/h2-11H2,1H3,(H,13,14);1-2H,(H,5,6)(H,7,8);2*1H3;/b;2-1-;;;. The third-order valence-corrected chi connectivity index (χ3v) is 2.86. The summed E-state index contributed by atoms with van der Waals surface area (Å²) in [6, 6.07) is 0. The first kappa shape index (κ1) is 28.7. The van der Waals surface area contributed by atoms with E-state index in [1.165, 1.54) is 44.9 Å². The Hall–Kier alpha value is -1.05. The normalized spacial score (nSPS) is 9.56. The van der Waals surface area contributed by atoms with Crippen LogP contribution in [-0.2, 0) is 14.4 Å². The second kappa shape index (κ2) is 25.2. The summed E-state index contributed by atoms with van der Waals surface area (Å²) in [6.45, 7) is 2.23. The molecule has 0 fully saturated rings. The summed E-state index contributed by atoms with van der Waals surface area (Å²) in [6.07, 6.45) is 12.6. The number of hydrogen-bond acceptors (Lipinski definition) is 3. The molecule has 0 spiro atoms. The van der Waals surface area contributed by atoms with Crippen LogP contribution in [0.2, 0.25) is 9.88 Å². The quantitative estimate of drug-likeness (QED) is 0.223. The summed E-state index contributed by atoms with van der Waals surface area (Å²) in [5.74, 6) is -3.17. The van der Waals surface area contributed by atoms with Crippen molar-refractivity contribution in [1.29, 1.82) is 0 Å². The van der Waals surface area contributed by atoms with E-state index < -0.39 is 17.9 Å². The summed E-state index contributed by atoms with van der Waals surface area (Å²) in [5, 5.41) is 24.0. The molecule has 0 rings (SSSR count). The molecule has 146 valence electrons. The van der Waals surface area contributed by atoms with E-state index in [1.54, 1.807) is 0 Å². The molecule has 0 aromatic rings. The minimum atomic E-state index is -1.26. The Balaban J connectivity index is -0.000000371. The topological polar surface area (TPSA) is 112 Å². The van der Waals surface area contributed by atoms with Gasteiger partial charge in [0.25, 0.3) is 0 Å². The molecule has 2 radical (unpaired) electrons. The van der Waals surface area contributed by atoms with E-state index in [2.05, 4.69) is 16.8 Å². The number of carboxylic acids is 3. The van der Waals surface area contributed by atoms with E-state index in [1.807, 2.05) is 0 Å². The van der Waals surface area contributed by atoms with Gasteiger partial charge in [-0.2, -0.15) is 0 Å². The van der Waals surface area contributed by atoms with Crippen LogP contribution in [0.5, 0.6) is 0 Å².